The Morgan fingerprint density at radius 2 is 2.10 bits per heavy atom. The number of carbonyl (C=O) groups is 1. The molecule has 1 fully saturated rings. The van der Waals surface area contributed by atoms with Gasteiger partial charge in [-0.1, -0.05) is 17.7 Å². The van der Waals surface area contributed by atoms with Gasteiger partial charge in [0.15, 0.2) is 0 Å². The number of nitrogens with zero attached hydrogens (tertiary/aromatic N) is 1. The molecule has 0 spiro atoms. The molecule has 1 amide bonds. The highest BCUT2D eigenvalue weighted by Crippen LogP contribution is 2.44. The van der Waals surface area contributed by atoms with Gasteiger partial charge in [-0.3, -0.25) is 4.90 Å². The van der Waals surface area contributed by atoms with E-state index in [4.69, 9.17) is 16.3 Å². The van der Waals surface area contributed by atoms with E-state index in [2.05, 4.69) is 6.07 Å². The molecule has 2 aliphatic heterocycles. The van der Waals surface area contributed by atoms with Gasteiger partial charge < -0.3 is 4.74 Å². The minimum Gasteiger partial charge on any atom is -0.444 e. The molecule has 2 unspecified atom stereocenters. The smallest absolute Gasteiger partial charge is 0.411 e. The molecule has 1 aromatic carbocycles. The number of benzene rings is 1. The monoisotopic (exact) mass is 293 g/mol. The molecule has 3 nitrogen and oxygen atoms in total. The van der Waals surface area contributed by atoms with Crippen LogP contribution in [0.5, 0.6) is 0 Å². The first kappa shape index (κ1) is 13.7. The van der Waals surface area contributed by atoms with Gasteiger partial charge in [-0.05, 0) is 63.3 Å². The zero-order valence-corrected chi connectivity index (χ0v) is 12.9. The van der Waals surface area contributed by atoms with E-state index in [1.165, 1.54) is 11.1 Å². The van der Waals surface area contributed by atoms with Crippen LogP contribution in [-0.4, -0.2) is 22.6 Å². The van der Waals surface area contributed by atoms with Crippen molar-refractivity contribution in [3.05, 3.63) is 34.3 Å². The van der Waals surface area contributed by atoms with Crippen molar-refractivity contribution in [3.8, 4) is 0 Å². The molecule has 0 aromatic heterocycles. The fourth-order valence-electron chi connectivity index (χ4n) is 3.31. The summed E-state index contributed by atoms with van der Waals surface area (Å²) in [7, 11) is 0. The van der Waals surface area contributed by atoms with Crippen LogP contribution in [0.25, 0.3) is 0 Å². The average molecular weight is 294 g/mol. The van der Waals surface area contributed by atoms with Crippen molar-refractivity contribution in [2.45, 2.75) is 57.7 Å². The molecule has 0 N–H and O–H groups in total. The van der Waals surface area contributed by atoms with Crippen LogP contribution in [0, 0.1) is 0 Å². The molecule has 2 atom stereocenters. The summed E-state index contributed by atoms with van der Waals surface area (Å²) in [6.07, 6.45) is 2.74. The Hall–Kier alpha value is -1.22. The van der Waals surface area contributed by atoms with Crippen LogP contribution in [0.3, 0.4) is 0 Å². The van der Waals surface area contributed by atoms with E-state index >= 15 is 0 Å². The van der Waals surface area contributed by atoms with E-state index < -0.39 is 5.60 Å². The quantitative estimate of drug-likeness (QED) is 0.712. The van der Waals surface area contributed by atoms with Gasteiger partial charge in [0, 0.05) is 11.1 Å². The first-order valence-corrected chi connectivity index (χ1v) is 7.52. The molecule has 0 saturated carbocycles. The third kappa shape index (κ3) is 2.39. The molecule has 20 heavy (non-hydrogen) atoms. The van der Waals surface area contributed by atoms with Gasteiger partial charge in [-0.15, -0.1) is 0 Å². The number of rotatable bonds is 0. The summed E-state index contributed by atoms with van der Waals surface area (Å²) < 4.78 is 5.56. The number of hydrogen-bond donors (Lipinski definition) is 0. The van der Waals surface area contributed by atoms with Gasteiger partial charge in [0.25, 0.3) is 0 Å². The van der Waals surface area contributed by atoms with Crippen LogP contribution in [0.4, 0.5) is 4.79 Å². The molecule has 2 aliphatic rings. The summed E-state index contributed by atoms with van der Waals surface area (Å²) in [4.78, 5) is 14.4. The van der Waals surface area contributed by atoms with Gasteiger partial charge in [-0.2, -0.15) is 0 Å². The normalized spacial score (nSPS) is 24.5. The summed E-state index contributed by atoms with van der Waals surface area (Å²) in [5, 5.41) is 0.772. The fraction of sp³-hybridized carbons (Fsp3) is 0.562. The summed E-state index contributed by atoms with van der Waals surface area (Å²) in [6.45, 7) is 5.72. The van der Waals surface area contributed by atoms with E-state index in [1.54, 1.807) is 0 Å². The molecule has 1 aromatic rings. The van der Waals surface area contributed by atoms with Crippen molar-refractivity contribution in [3.63, 3.8) is 0 Å². The van der Waals surface area contributed by atoms with Crippen LogP contribution >= 0.6 is 11.6 Å². The van der Waals surface area contributed by atoms with Crippen molar-refractivity contribution < 1.29 is 9.53 Å². The van der Waals surface area contributed by atoms with Crippen LogP contribution in [0.2, 0.25) is 5.02 Å². The topological polar surface area (TPSA) is 29.5 Å². The lowest BCUT2D eigenvalue weighted by Crippen LogP contribution is -2.44. The second kappa shape index (κ2) is 4.66. The predicted molar refractivity (Wildman–Crippen MR) is 79.0 cm³/mol. The van der Waals surface area contributed by atoms with Crippen LogP contribution in [-0.2, 0) is 11.2 Å². The number of amides is 1. The second-order valence-corrected chi connectivity index (χ2v) is 7.12. The Morgan fingerprint density at radius 3 is 2.80 bits per heavy atom. The van der Waals surface area contributed by atoms with E-state index in [-0.39, 0.29) is 18.2 Å². The Kier molecular flexibility index (Phi) is 3.20. The molecule has 2 heterocycles. The Bertz CT molecular complexity index is 550. The summed E-state index contributed by atoms with van der Waals surface area (Å²) in [6, 6.07) is 6.40. The van der Waals surface area contributed by atoms with Gasteiger partial charge >= 0.3 is 6.09 Å². The molecular weight excluding hydrogens is 274 g/mol. The van der Waals surface area contributed by atoms with Crippen molar-refractivity contribution >= 4 is 17.7 Å². The molecule has 3 rings (SSSR count). The maximum absolute atomic E-state index is 12.4. The number of hydrogen-bond acceptors (Lipinski definition) is 2. The number of carbonyl (C=O) groups excluding carboxylic acids is 1. The number of ether oxygens (including phenoxy) is 1. The standard InChI is InChI=1S/C16H20ClNO2/c1-16(2,3)20-15(19)18-12-5-7-14(18)13-6-4-11(17)8-10(13)9-12/h4,6,8,12,14H,5,7,9H2,1-3H3. The molecule has 0 aliphatic carbocycles. The van der Waals surface area contributed by atoms with Gasteiger partial charge in [0.2, 0.25) is 0 Å². The molecule has 1 saturated heterocycles. The minimum absolute atomic E-state index is 0.149. The van der Waals surface area contributed by atoms with Crippen molar-refractivity contribution in [1.82, 2.24) is 4.90 Å². The maximum Gasteiger partial charge on any atom is 0.411 e. The van der Waals surface area contributed by atoms with E-state index in [1.807, 2.05) is 37.8 Å². The molecular formula is C16H20ClNO2. The van der Waals surface area contributed by atoms with E-state index in [0.29, 0.717) is 0 Å². The van der Waals surface area contributed by atoms with Crippen molar-refractivity contribution in [1.29, 1.82) is 0 Å². The zero-order valence-electron chi connectivity index (χ0n) is 12.1. The van der Waals surface area contributed by atoms with Crippen LogP contribution in [0.15, 0.2) is 18.2 Å². The van der Waals surface area contributed by atoms with E-state index in [0.717, 1.165) is 24.3 Å². The highest BCUT2D eigenvalue weighted by Gasteiger charge is 2.44. The SMILES string of the molecule is CC(C)(C)OC(=O)N1C2CCC1c1ccc(Cl)cc1C2. The molecule has 4 heteroatoms. The predicted octanol–water partition coefficient (Wildman–Crippen LogP) is 4.34. The fourth-order valence-corrected chi connectivity index (χ4v) is 3.50. The number of halogens is 1. The zero-order chi connectivity index (χ0) is 14.5. The third-order valence-corrected chi connectivity index (χ3v) is 4.26. The van der Waals surface area contributed by atoms with E-state index in [9.17, 15) is 4.79 Å². The maximum atomic E-state index is 12.4. The highest BCUT2D eigenvalue weighted by atomic mass is 35.5. The van der Waals surface area contributed by atoms with Gasteiger partial charge in [-0.25, -0.2) is 4.79 Å². The Morgan fingerprint density at radius 1 is 1.35 bits per heavy atom. The first-order chi connectivity index (χ1) is 9.35. The molecule has 2 bridgehead atoms. The lowest BCUT2D eigenvalue weighted by molar-refractivity contribution is 0.0125. The summed E-state index contributed by atoms with van der Waals surface area (Å²) >= 11 is 6.07. The second-order valence-electron chi connectivity index (χ2n) is 6.68. The summed E-state index contributed by atoms with van der Waals surface area (Å²) in [5.41, 5.74) is 2.07. The Balaban J connectivity index is 1.89. The van der Waals surface area contributed by atoms with Crippen molar-refractivity contribution in [2.24, 2.45) is 0 Å². The number of fused-ring (bicyclic) bond motifs is 4. The van der Waals surface area contributed by atoms with Crippen LogP contribution < -0.4 is 0 Å². The third-order valence-electron chi connectivity index (χ3n) is 4.03. The average Bonchev–Trinajstić information content (AvgIpc) is 2.63. The lowest BCUT2D eigenvalue weighted by atomic mass is 9.93. The van der Waals surface area contributed by atoms with Crippen LogP contribution in [0.1, 0.15) is 50.8 Å². The van der Waals surface area contributed by atoms with Crippen molar-refractivity contribution in [2.75, 3.05) is 0 Å². The van der Waals surface area contributed by atoms with Gasteiger partial charge in [0.1, 0.15) is 5.60 Å². The Labute approximate surface area is 124 Å². The first-order valence-electron chi connectivity index (χ1n) is 7.15. The summed E-state index contributed by atoms with van der Waals surface area (Å²) in [5.74, 6) is 0. The highest BCUT2D eigenvalue weighted by molar-refractivity contribution is 6.30. The largest absolute Gasteiger partial charge is 0.444 e. The lowest BCUT2D eigenvalue weighted by Gasteiger charge is -2.37. The molecule has 0 radical (unpaired) electrons. The van der Waals surface area contributed by atoms with Gasteiger partial charge in [0.05, 0.1) is 6.04 Å². The minimum atomic E-state index is -0.448. The molecule has 108 valence electrons.